The van der Waals surface area contributed by atoms with Crippen molar-refractivity contribution in [2.24, 2.45) is 0 Å². The van der Waals surface area contributed by atoms with Gasteiger partial charge in [-0.3, -0.25) is 4.79 Å². The van der Waals surface area contributed by atoms with Gasteiger partial charge < -0.3 is 0 Å². The Kier molecular flexibility index (Phi) is 4.63. The predicted molar refractivity (Wildman–Crippen MR) is 63.2 cm³/mol. The molecule has 0 N–H and O–H groups in total. The molecular weight excluding hydrogens is 263 g/mol. The van der Waals surface area contributed by atoms with Crippen LogP contribution in [-0.2, 0) is 6.42 Å². The number of rotatable bonds is 4. The monoisotopic (exact) mass is 274 g/mol. The van der Waals surface area contributed by atoms with E-state index in [2.05, 4.69) is 22.9 Å². The van der Waals surface area contributed by atoms with Crippen molar-refractivity contribution in [1.29, 1.82) is 0 Å². The van der Waals surface area contributed by atoms with Crippen LogP contribution < -0.4 is 0 Å². The molecule has 3 heteroatoms. The third-order valence-electron chi connectivity index (χ3n) is 2.07. The van der Waals surface area contributed by atoms with Crippen molar-refractivity contribution in [3.63, 3.8) is 0 Å². The van der Waals surface area contributed by atoms with Crippen molar-refractivity contribution in [2.75, 3.05) is 5.88 Å². The quantitative estimate of drug-likeness (QED) is 0.603. The van der Waals surface area contributed by atoms with Crippen LogP contribution in [-0.4, -0.2) is 11.7 Å². The number of carbonyl (C=O) groups is 1. The summed E-state index contributed by atoms with van der Waals surface area (Å²) in [6.07, 6.45) is 1.33. The summed E-state index contributed by atoms with van der Waals surface area (Å²) in [6.45, 7) is 2.07. The summed E-state index contributed by atoms with van der Waals surface area (Å²) in [4.78, 5) is 11.5. The fourth-order valence-electron chi connectivity index (χ4n) is 1.25. The molecule has 0 spiro atoms. The molecule has 0 aromatic heterocycles. The maximum atomic E-state index is 11.5. The molecule has 1 nitrogen and oxygen atoms in total. The summed E-state index contributed by atoms with van der Waals surface area (Å²) in [5, 5.41) is 0. The fourth-order valence-corrected chi connectivity index (χ4v) is 1.95. The SMILES string of the molecule is CCc1cc(C(=O)CCCl)ccc1Br. The first-order valence-electron chi connectivity index (χ1n) is 4.56. The molecule has 0 aliphatic carbocycles. The molecule has 1 rings (SSSR count). The summed E-state index contributed by atoms with van der Waals surface area (Å²) >= 11 is 8.96. The van der Waals surface area contributed by atoms with E-state index in [1.54, 1.807) is 0 Å². The molecule has 0 amide bonds. The van der Waals surface area contributed by atoms with Gasteiger partial charge in [0.15, 0.2) is 5.78 Å². The lowest BCUT2D eigenvalue weighted by Crippen LogP contribution is -2.00. The summed E-state index contributed by atoms with van der Waals surface area (Å²) in [7, 11) is 0. The molecule has 0 atom stereocenters. The van der Waals surface area contributed by atoms with Gasteiger partial charge in [-0.2, -0.15) is 0 Å². The van der Waals surface area contributed by atoms with Crippen LogP contribution in [0, 0.1) is 0 Å². The average Bonchev–Trinajstić information content (AvgIpc) is 2.19. The zero-order chi connectivity index (χ0) is 10.6. The minimum Gasteiger partial charge on any atom is -0.294 e. The summed E-state index contributed by atoms with van der Waals surface area (Å²) in [5.74, 6) is 0.498. The highest BCUT2D eigenvalue weighted by molar-refractivity contribution is 9.10. The fraction of sp³-hybridized carbons (Fsp3) is 0.364. The van der Waals surface area contributed by atoms with Crippen LogP contribution in [0.5, 0.6) is 0 Å². The summed E-state index contributed by atoms with van der Waals surface area (Å²) in [5.41, 5.74) is 1.91. The van der Waals surface area contributed by atoms with Crippen molar-refractivity contribution >= 4 is 33.3 Å². The van der Waals surface area contributed by atoms with Gasteiger partial charge in [0.1, 0.15) is 0 Å². The molecular formula is C11H12BrClO. The molecule has 14 heavy (non-hydrogen) atoms. The molecule has 0 saturated heterocycles. The Labute approximate surface area is 97.6 Å². The Morgan fingerprint density at radius 1 is 1.50 bits per heavy atom. The normalized spacial score (nSPS) is 10.2. The van der Waals surface area contributed by atoms with E-state index in [0.29, 0.717) is 12.3 Å². The molecule has 0 radical (unpaired) electrons. The van der Waals surface area contributed by atoms with E-state index in [1.807, 2.05) is 18.2 Å². The van der Waals surface area contributed by atoms with Crippen LogP contribution in [0.1, 0.15) is 29.3 Å². The van der Waals surface area contributed by atoms with Gasteiger partial charge in [-0.05, 0) is 24.1 Å². The highest BCUT2D eigenvalue weighted by atomic mass is 79.9. The Bertz CT molecular complexity index is 336. The Morgan fingerprint density at radius 3 is 2.79 bits per heavy atom. The topological polar surface area (TPSA) is 17.1 Å². The molecule has 0 saturated carbocycles. The average molecular weight is 276 g/mol. The molecule has 1 aromatic carbocycles. The number of alkyl halides is 1. The van der Waals surface area contributed by atoms with E-state index >= 15 is 0 Å². The minimum atomic E-state index is 0.113. The molecule has 0 aliphatic heterocycles. The van der Waals surface area contributed by atoms with E-state index in [9.17, 15) is 4.79 Å². The molecule has 0 fully saturated rings. The standard InChI is InChI=1S/C11H12BrClO/c1-2-8-7-9(3-4-10(8)12)11(14)5-6-13/h3-4,7H,2,5-6H2,1H3. The van der Waals surface area contributed by atoms with Crippen LogP contribution in [0.2, 0.25) is 0 Å². The summed E-state index contributed by atoms with van der Waals surface area (Å²) in [6, 6.07) is 5.68. The zero-order valence-electron chi connectivity index (χ0n) is 8.02. The second-order valence-electron chi connectivity index (χ2n) is 3.02. The van der Waals surface area contributed by atoms with Crippen LogP contribution >= 0.6 is 27.5 Å². The molecule has 0 bridgehead atoms. The van der Waals surface area contributed by atoms with Gasteiger partial charge in [0.05, 0.1) is 0 Å². The van der Waals surface area contributed by atoms with E-state index < -0.39 is 0 Å². The molecule has 1 aromatic rings. The largest absolute Gasteiger partial charge is 0.294 e. The van der Waals surface area contributed by atoms with Gasteiger partial charge in [0, 0.05) is 22.3 Å². The van der Waals surface area contributed by atoms with Gasteiger partial charge in [-0.25, -0.2) is 0 Å². The number of hydrogen-bond acceptors (Lipinski definition) is 1. The van der Waals surface area contributed by atoms with Gasteiger partial charge in [0.2, 0.25) is 0 Å². The van der Waals surface area contributed by atoms with E-state index in [-0.39, 0.29) is 5.78 Å². The first-order chi connectivity index (χ1) is 6.69. The van der Waals surface area contributed by atoms with Crippen molar-refractivity contribution in [2.45, 2.75) is 19.8 Å². The second kappa shape index (κ2) is 5.52. The zero-order valence-corrected chi connectivity index (χ0v) is 10.4. The number of halogens is 2. The number of aryl methyl sites for hydroxylation is 1. The van der Waals surface area contributed by atoms with Crippen LogP contribution in [0.25, 0.3) is 0 Å². The predicted octanol–water partition coefficient (Wildman–Crippen LogP) is 3.82. The van der Waals surface area contributed by atoms with Crippen LogP contribution in [0.15, 0.2) is 22.7 Å². The number of Topliss-reactive ketones (excluding diaryl/α,β-unsaturated/α-hetero) is 1. The minimum absolute atomic E-state index is 0.113. The molecule has 76 valence electrons. The number of hydrogen-bond donors (Lipinski definition) is 0. The van der Waals surface area contributed by atoms with Crippen molar-refractivity contribution < 1.29 is 4.79 Å². The lowest BCUT2D eigenvalue weighted by Gasteiger charge is -2.04. The third kappa shape index (κ3) is 2.82. The van der Waals surface area contributed by atoms with Gasteiger partial charge in [0.25, 0.3) is 0 Å². The maximum Gasteiger partial charge on any atom is 0.164 e. The Morgan fingerprint density at radius 2 is 2.21 bits per heavy atom. The number of benzene rings is 1. The van der Waals surface area contributed by atoms with E-state index in [4.69, 9.17) is 11.6 Å². The Balaban J connectivity index is 2.94. The molecule has 0 aliphatic rings. The van der Waals surface area contributed by atoms with Crippen LogP contribution in [0.3, 0.4) is 0 Å². The first-order valence-corrected chi connectivity index (χ1v) is 5.89. The first kappa shape index (κ1) is 11.7. The third-order valence-corrected chi connectivity index (χ3v) is 3.03. The number of ketones is 1. The Hall–Kier alpha value is -0.340. The van der Waals surface area contributed by atoms with E-state index in [0.717, 1.165) is 22.0 Å². The van der Waals surface area contributed by atoms with Gasteiger partial charge in [-0.15, -0.1) is 11.6 Å². The highest BCUT2D eigenvalue weighted by Crippen LogP contribution is 2.19. The maximum absolute atomic E-state index is 11.5. The lowest BCUT2D eigenvalue weighted by atomic mass is 10.0. The molecule has 0 heterocycles. The van der Waals surface area contributed by atoms with Crippen molar-refractivity contribution in [3.05, 3.63) is 33.8 Å². The van der Waals surface area contributed by atoms with E-state index in [1.165, 1.54) is 0 Å². The number of carbonyl (C=O) groups excluding carboxylic acids is 1. The second-order valence-corrected chi connectivity index (χ2v) is 4.25. The van der Waals surface area contributed by atoms with Crippen molar-refractivity contribution in [3.8, 4) is 0 Å². The lowest BCUT2D eigenvalue weighted by molar-refractivity contribution is 0.0989. The molecule has 0 unspecified atom stereocenters. The summed E-state index contributed by atoms with van der Waals surface area (Å²) < 4.78 is 1.06. The smallest absolute Gasteiger partial charge is 0.164 e. The van der Waals surface area contributed by atoms with Crippen LogP contribution in [0.4, 0.5) is 0 Å². The van der Waals surface area contributed by atoms with Gasteiger partial charge >= 0.3 is 0 Å². The van der Waals surface area contributed by atoms with Gasteiger partial charge in [-0.1, -0.05) is 28.9 Å². The van der Waals surface area contributed by atoms with Crippen molar-refractivity contribution in [1.82, 2.24) is 0 Å². The highest BCUT2D eigenvalue weighted by Gasteiger charge is 2.06.